The van der Waals surface area contributed by atoms with Crippen molar-refractivity contribution in [3.05, 3.63) is 26.6 Å². The summed E-state index contributed by atoms with van der Waals surface area (Å²) < 4.78 is 0. The van der Waals surface area contributed by atoms with Gasteiger partial charge in [0, 0.05) is 23.1 Å². The normalized spacial score (nSPS) is 14.8. The predicted octanol–water partition coefficient (Wildman–Crippen LogP) is 4.57. The summed E-state index contributed by atoms with van der Waals surface area (Å²) in [7, 11) is 0. The number of carbonyl (C=O) groups is 1. The first-order valence-corrected chi connectivity index (χ1v) is 12.5. The molecule has 5 nitrogen and oxygen atoms in total. The second kappa shape index (κ2) is 10.4. The van der Waals surface area contributed by atoms with Crippen LogP contribution in [0.5, 0.6) is 0 Å². The van der Waals surface area contributed by atoms with Gasteiger partial charge in [-0.1, -0.05) is 26.2 Å². The number of carbonyl (C=O) groups excluding carboxylic acids is 1. The number of rotatable bonds is 10. The van der Waals surface area contributed by atoms with E-state index in [9.17, 15) is 9.59 Å². The Morgan fingerprint density at radius 2 is 2.14 bits per heavy atom. The summed E-state index contributed by atoms with van der Waals surface area (Å²) in [6.45, 7) is 4.26. The minimum Gasteiger partial charge on any atom is -0.354 e. The molecular formula is C21H31N3O2S2. The average Bonchev–Trinajstić information content (AvgIpc) is 3.04. The highest BCUT2D eigenvalue weighted by Crippen LogP contribution is 2.33. The molecule has 0 saturated heterocycles. The van der Waals surface area contributed by atoms with E-state index in [2.05, 4.69) is 29.1 Å². The summed E-state index contributed by atoms with van der Waals surface area (Å²) in [5.41, 5.74) is 1.22. The summed E-state index contributed by atoms with van der Waals surface area (Å²) in [5.74, 6) is 2.19. The number of aryl methyl sites for hydroxylation is 2. The number of thiophene rings is 1. The SMILES string of the molecule is CCCCCC(C)NC(=O)CCSCc1nc2sc3c(c2c(=O)[nH]1)CCCC3. The highest BCUT2D eigenvalue weighted by Gasteiger charge is 2.19. The third-order valence-electron chi connectivity index (χ3n) is 5.23. The third-order valence-corrected chi connectivity index (χ3v) is 7.39. The first-order chi connectivity index (χ1) is 13.6. The van der Waals surface area contributed by atoms with Crippen LogP contribution in [0.15, 0.2) is 4.79 Å². The van der Waals surface area contributed by atoms with Gasteiger partial charge in [-0.25, -0.2) is 4.98 Å². The van der Waals surface area contributed by atoms with E-state index in [1.54, 1.807) is 23.1 Å². The number of unbranched alkanes of at least 4 members (excludes halogenated alkanes) is 2. The number of H-pyrrole nitrogens is 1. The molecule has 0 fully saturated rings. The molecule has 0 bridgehead atoms. The van der Waals surface area contributed by atoms with Crippen LogP contribution in [0.2, 0.25) is 0 Å². The number of fused-ring (bicyclic) bond motifs is 3. The first-order valence-electron chi connectivity index (χ1n) is 10.5. The quantitative estimate of drug-likeness (QED) is 0.551. The molecule has 1 aliphatic rings. The zero-order valence-corrected chi connectivity index (χ0v) is 18.6. The predicted molar refractivity (Wildman–Crippen MR) is 119 cm³/mol. The van der Waals surface area contributed by atoms with Crippen molar-refractivity contribution in [3.8, 4) is 0 Å². The third kappa shape index (κ3) is 5.60. The minimum atomic E-state index is -0.00125. The Morgan fingerprint density at radius 1 is 1.32 bits per heavy atom. The van der Waals surface area contributed by atoms with Crippen molar-refractivity contribution in [3.63, 3.8) is 0 Å². The monoisotopic (exact) mass is 421 g/mol. The molecule has 28 heavy (non-hydrogen) atoms. The fourth-order valence-electron chi connectivity index (χ4n) is 3.73. The number of aromatic amines is 1. The smallest absolute Gasteiger partial charge is 0.259 e. The van der Waals surface area contributed by atoms with E-state index in [1.807, 2.05) is 0 Å². The maximum absolute atomic E-state index is 12.5. The van der Waals surface area contributed by atoms with Crippen molar-refractivity contribution in [2.24, 2.45) is 0 Å². The number of amides is 1. The molecule has 3 rings (SSSR count). The van der Waals surface area contributed by atoms with E-state index in [-0.39, 0.29) is 17.5 Å². The molecule has 0 aromatic carbocycles. The number of nitrogens with zero attached hydrogens (tertiary/aromatic N) is 1. The largest absolute Gasteiger partial charge is 0.354 e. The van der Waals surface area contributed by atoms with Crippen LogP contribution in [0, 0.1) is 0 Å². The molecule has 1 atom stereocenters. The molecule has 2 N–H and O–H groups in total. The van der Waals surface area contributed by atoms with Crippen LogP contribution in [0.4, 0.5) is 0 Å². The second-order valence-electron chi connectivity index (χ2n) is 7.67. The standard InChI is InChI=1S/C21H31N3O2S2/c1-3-4-5-8-14(2)22-18(25)11-12-27-13-17-23-20(26)19-15-9-6-7-10-16(15)28-21(19)24-17/h14H,3-13H2,1-2H3,(H,22,25)(H,23,24,26). The minimum absolute atomic E-state index is 0.00125. The lowest BCUT2D eigenvalue weighted by atomic mass is 9.97. The van der Waals surface area contributed by atoms with Crippen LogP contribution in [-0.4, -0.2) is 27.7 Å². The lowest BCUT2D eigenvalue weighted by Crippen LogP contribution is -2.32. The van der Waals surface area contributed by atoms with Crippen molar-refractivity contribution in [2.45, 2.75) is 83.4 Å². The van der Waals surface area contributed by atoms with Crippen LogP contribution in [0.3, 0.4) is 0 Å². The zero-order chi connectivity index (χ0) is 19.9. The van der Waals surface area contributed by atoms with Gasteiger partial charge in [-0.2, -0.15) is 11.8 Å². The van der Waals surface area contributed by atoms with Crippen LogP contribution in [0.1, 0.15) is 75.1 Å². The second-order valence-corrected chi connectivity index (χ2v) is 9.86. The average molecular weight is 422 g/mol. The van der Waals surface area contributed by atoms with Gasteiger partial charge in [0.1, 0.15) is 10.7 Å². The number of thioether (sulfide) groups is 1. The molecule has 0 aliphatic heterocycles. The maximum atomic E-state index is 12.5. The van der Waals surface area contributed by atoms with Gasteiger partial charge in [-0.05, 0) is 44.6 Å². The van der Waals surface area contributed by atoms with Gasteiger partial charge in [-0.3, -0.25) is 9.59 Å². The van der Waals surface area contributed by atoms with Crippen LogP contribution >= 0.6 is 23.1 Å². The van der Waals surface area contributed by atoms with Crippen LogP contribution in [-0.2, 0) is 23.4 Å². The molecule has 154 valence electrons. The number of nitrogens with one attached hydrogen (secondary N) is 2. The number of hydrogen-bond donors (Lipinski definition) is 2. The highest BCUT2D eigenvalue weighted by molar-refractivity contribution is 7.98. The highest BCUT2D eigenvalue weighted by atomic mass is 32.2. The van der Waals surface area contributed by atoms with Gasteiger partial charge in [0.15, 0.2) is 0 Å². The van der Waals surface area contributed by atoms with E-state index in [0.29, 0.717) is 12.2 Å². The van der Waals surface area contributed by atoms with E-state index in [0.717, 1.165) is 47.5 Å². The van der Waals surface area contributed by atoms with Crippen molar-refractivity contribution >= 4 is 39.2 Å². The van der Waals surface area contributed by atoms with Crippen LogP contribution < -0.4 is 10.9 Å². The van der Waals surface area contributed by atoms with E-state index in [1.165, 1.54) is 36.1 Å². The molecule has 2 aromatic heterocycles. The summed E-state index contributed by atoms with van der Waals surface area (Å²) in [6.07, 6.45) is 9.58. The summed E-state index contributed by atoms with van der Waals surface area (Å²) in [4.78, 5) is 34.4. The Labute approximate surface area is 175 Å². The molecule has 7 heteroatoms. The zero-order valence-electron chi connectivity index (χ0n) is 16.9. The van der Waals surface area contributed by atoms with Gasteiger partial charge in [0.2, 0.25) is 5.91 Å². The summed E-state index contributed by atoms with van der Waals surface area (Å²) >= 11 is 3.33. The van der Waals surface area contributed by atoms with Crippen molar-refractivity contribution in [1.29, 1.82) is 0 Å². The Bertz CT molecular complexity index is 859. The molecule has 1 amide bonds. The molecule has 1 aliphatic carbocycles. The fourth-order valence-corrected chi connectivity index (χ4v) is 5.82. The van der Waals surface area contributed by atoms with E-state index in [4.69, 9.17) is 0 Å². The van der Waals surface area contributed by atoms with Gasteiger partial charge in [0.25, 0.3) is 5.56 Å². The molecular weight excluding hydrogens is 390 g/mol. The molecule has 0 saturated carbocycles. The lowest BCUT2D eigenvalue weighted by molar-refractivity contribution is -0.121. The summed E-state index contributed by atoms with van der Waals surface area (Å²) in [6, 6.07) is 0.245. The Kier molecular flexibility index (Phi) is 7.97. The molecule has 2 heterocycles. The molecule has 0 radical (unpaired) electrons. The van der Waals surface area contributed by atoms with Crippen LogP contribution in [0.25, 0.3) is 10.2 Å². The van der Waals surface area contributed by atoms with Gasteiger partial charge >= 0.3 is 0 Å². The Morgan fingerprint density at radius 3 is 2.96 bits per heavy atom. The fraction of sp³-hybridized carbons (Fsp3) is 0.667. The van der Waals surface area contributed by atoms with E-state index >= 15 is 0 Å². The Balaban J connectivity index is 1.47. The molecule has 2 aromatic rings. The van der Waals surface area contributed by atoms with Crippen molar-refractivity contribution in [1.82, 2.24) is 15.3 Å². The van der Waals surface area contributed by atoms with Gasteiger partial charge < -0.3 is 10.3 Å². The maximum Gasteiger partial charge on any atom is 0.259 e. The number of hydrogen-bond acceptors (Lipinski definition) is 5. The lowest BCUT2D eigenvalue weighted by Gasteiger charge is -2.13. The van der Waals surface area contributed by atoms with Crippen molar-refractivity contribution in [2.75, 3.05) is 5.75 Å². The summed E-state index contributed by atoms with van der Waals surface area (Å²) in [5, 5.41) is 3.88. The molecule has 0 spiro atoms. The first kappa shape index (κ1) is 21.4. The topological polar surface area (TPSA) is 74.8 Å². The Hall–Kier alpha value is -1.34. The van der Waals surface area contributed by atoms with Crippen molar-refractivity contribution < 1.29 is 4.79 Å². The van der Waals surface area contributed by atoms with E-state index < -0.39 is 0 Å². The van der Waals surface area contributed by atoms with Gasteiger partial charge in [-0.15, -0.1) is 11.3 Å². The number of aromatic nitrogens is 2. The molecule has 1 unspecified atom stereocenters. The van der Waals surface area contributed by atoms with Gasteiger partial charge in [0.05, 0.1) is 11.1 Å².